The highest BCUT2D eigenvalue weighted by Gasteiger charge is 2.15. The second-order valence-corrected chi connectivity index (χ2v) is 7.39. The van der Waals surface area contributed by atoms with Crippen LogP contribution in [0.15, 0.2) is 103 Å². The molecule has 0 spiro atoms. The van der Waals surface area contributed by atoms with E-state index in [0.29, 0.717) is 17.9 Å². The van der Waals surface area contributed by atoms with E-state index in [1.807, 2.05) is 84.9 Å². The molecule has 4 heteroatoms. The Balaban J connectivity index is 1.55. The number of nitrogens with zero attached hydrogens (tertiary/aromatic N) is 3. The summed E-state index contributed by atoms with van der Waals surface area (Å²) < 4.78 is 6.11. The van der Waals surface area contributed by atoms with E-state index in [1.165, 1.54) is 0 Å². The minimum absolute atomic E-state index is 0.316. The van der Waals surface area contributed by atoms with Gasteiger partial charge >= 0.3 is 0 Å². The SMILES string of the molecule is N#Cc1cc(OCc2ccc3ccccc3n2)cc(-c2ccncc2)c1-c1ccccc1. The number of fused-ring (bicyclic) bond motifs is 1. The Hall–Kier alpha value is -4.49. The lowest BCUT2D eigenvalue weighted by atomic mass is 9.91. The number of rotatable bonds is 5. The largest absolute Gasteiger partial charge is 0.487 e. The number of aromatic nitrogens is 2. The molecule has 0 aliphatic heterocycles. The van der Waals surface area contributed by atoms with Gasteiger partial charge in [0.1, 0.15) is 12.4 Å². The first-order chi connectivity index (χ1) is 15.8. The standard InChI is InChI=1S/C28H19N3O/c29-18-23-16-25(32-19-24-11-10-21-6-4-5-9-27(21)31-24)17-26(20-12-14-30-15-13-20)28(23)22-7-2-1-3-8-22/h1-17H,19H2. The lowest BCUT2D eigenvalue weighted by Crippen LogP contribution is -2.00. The highest BCUT2D eigenvalue weighted by Crippen LogP contribution is 2.38. The molecule has 2 heterocycles. The van der Waals surface area contributed by atoms with Crippen LogP contribution in [0.25, 0.3) is 33.2 Å². The third-order valence-corrected chi connectivity index (χ3v) is 5.33. The zero-order valence-corrected chi connectivity index (χ0v) is 17.3. The van der Waals surface area contributed by atoms with Gasteiger partial charge in [-0.1, -0.05) is 54.6 Å². The Morgan fingerprint density at radius 1 is 0.781 bits per heavy atom. The highest BCUT2D eigenvalue weighted by molar-refractivity contribution is 5.88. The van der Waals surface area contributed by atoms with Crippen LogP contribution in [0.5, 0.6) is 5.75 Å². The summed E-state index contributed by atoms with van der Waals surface area (Å²) in [6.07, 6.45) is 3.51. The molecule has 0 saturated carbocycles. The van der Waals surface area contributed by atoms with Gasteiger partial charge in [-0.2, -0.15) is 5.26 Å². The second kappa shape index (κ2) is 8.71. The minimum atomic E-state index is 0.316. The fraction of sp³-hybridized carbons (Fsp3) is 0.0357. The monoisotopic (exact) mass is 413 g/mol. The maximum Gasteiger partial charge on any atom is 0.130 e. The molecule has 0 atom stereocenters. The first kappa shape index (κ1) is 19.5. The topological polar surface area (TPSA) is 58.8 Å². The van der Waals surface area contributed by atoms with Gasteiger partial charge in [0.25, 0.3) is 0 Å². The van der Waals surface area contributed by atoms with E-state index < -0.39 is 0 Å². The second-order valence-electron chi connectivity index (χ2n) is 7.39. The van der Waals surface area contributed by atoms with Crippen LogP contribution >= 0.6 is 0 Å². The van der Waals surface area contributed by atoms with Gasteiger partial charge < -0.3 is 4.74 Å². The summed E-state index contributed by atoms with van der Waals surface area (Å²) in [6.45, 7) is 0.316. The van der Waals surface area contributed by atoms with Gasteiger partial charge in [0.05, 0.1) is 22.8 Å². The van der Waals surface area contributed by atoms with Crippen molar-refractivity contribution >= 4 is 10.9 Å². The normalized spacial score (nSPS) is 10.6. The van der Waals surface area contributed by atoms with E-state index in [1.54, 1.807) is 18.5 Å². The third-order valence-electron chi connectivity index (χ3n) is 5.33. The number of benzene rings is 3. The minimum Gasteiger partial charge on any atom is -0.487 e. The zero-order valence-electron chi connectivity index (χ0n) is 17.3. The predicted octanol–water partition coefficient (Wildman–Crippen LogP) is 6.41. The molecule has 32 heavy (non-hydrogen) atoms. The molecule has 0 saturated heterocycles. The molecule has 0 N–H and O–H groups in total. The summed E-state index contributed by atoms with van der Waals surface area (Å²) in [7, 11) is 0. The fourth-order valence-corrected chi connectivity index (χ4v) is 3.81. The summed E-state index contributed by atoms with van der Waals surface area (Å²) in [6, 6.07) is 32.0. The summed E-state index contributed by atoms with van der Waals surface area (Å²) >= 11 is 0. The highest BCUT2D eigenvalue weighted by atomic mass is 16.5. The van der Waals surface area contributed by atoms with Gasteiger partial charge in [-0.15, -0.1) is 0 Å². The lowest BCUT2D eigenvalue weighted by Gasteiger charge is -2.15. The number of nitriles is 1. The summed E-state index contributed by atoms with van der Waals surface area (Å²) in [4.78, 5) is 8.81. The first-order valence-electron chi connectivity index (χ1n) is 10.3. The molecule has 0 unspecified atom stereocenters. The molecular weight excluding hydrogens is 394 g/mol. The quantitative estimate of drug-likeness (QED) is 0.334. The van der Waals surface area contributed by atoms with Crippen molar-refractivity contribution in [3.8, 4) is 34.1 Å². The van der Waals surface area contributed by atoms with Crippen LogP contribution in [0.2, 0.25) is 0 Å². The van der Waals surface area contributed by atoms with Gasteiger partial charge in [0.15, 0.2) is 0 Å². The first-order valence-corrected chi connectivity index (χ1v) is 10.3. The smallest absolute Gasteiger partial charge is 0.130 e. The molecule has 0 aliphatic rings. The van der Waals surface area contributed by atoms with Gasteiger partial charge in [-0.05, 0) is 53.1 Å². The summed E-state index contributed by atoms with van der Waals surface area (Å²) in [5.41, 5.74) is 6.10. The Bertz CT molecular complexity index is 1420. The maximum absolute atomic E-state index is 9.95. The van der Waals surface area contributed by atoms with Gasteiger partial charge in [-0.3, -0.25) is 4.98 Å². The van der Waals surface area contributed by atoms with Crippen molar-refractivity contribution in [3.05, 3.63) is 115 Å². The Labute approximate surface area is 186 Å². The average Bonchev–Trinajstić information content (AvgIpc) is 2.87. The Morgan fingerprint density at radius 3 is 2.38 bits per heavy atom. The zero-order chi connectivity index (χ0) is 21.8. The Morgan fingerprint density at radius 2 is 1.56 bits per heavy atom. The van der Waals surface area contributed by atoms with E-state index in [4.69, 9.17) is 4.74 Å². The van der Waals surface area contributed by atoms with Gasteiger partial charge in [0, 0.05) is 23.3 Å². The van der Waals surface area contributed by atoms with Crippen LogP contribution in [0.4, 0.5) is 0 Å². The number of ether oxygens (including phenoxy) is 1. The van der Waals surface area contributed by atoms with Crippen molar-refractivity contribution in [1.29, 1.82) is 5.26 Å². The number of para-hydroxylation sites is 1. The molecule has 5 rings (SSSR count). The van der Waals surface area contributed by atoms with Crippen LogP contribution in [0.3, 0.4) is 0 Å². The maximum atomic E-state index is 9.95. The summed E-state index contributed by atoms with van der Waals surface area (Å²) in [5.74, 6) is 0.628. The molecule has 0 bridgehead atoms. The van der Waals surface area contributed by atoms with Crippen LogP contribution in [0, 0.1) is 11.3 Å². The van der Waals surface area contributed by atoms with Crippen molar-refractivity contribution in [2.75, 3.05) is 0 Å². The fourth-order valence-electron chi connectivity index (χ4n) is 3.81. The average molecular weight is 413 g/mol. The van der Waals surface area contributed by atoms with Crippen LogP contribution in [0.1, 0.15) is 11.3 Å². The van der Waals surface area contributed by atoms with Crippen LogP contribution in [-0.4, -0.2) is 9.97 Å². The van der Waals surface area contributed by atoms with Crippen molar-refractivity contribution in [3.63, 3.8) is 0 Å². The number of hydrogen-bond acceptors (Lipinski definition) is 4. The number of pyridine rings is 2. The molecule has 0 amide bonds. The van der Waals surface area contributed by atoms with Crippen molar-refractivity contribution in [2.24, 2.45) is 0 Å². The molecule has 0 fully saturated rings. The lowest BCUT2D eigenvalue weighted by molar-refractivity contribution is 0.302. The molecule has 5 aromatic rings. The number of hydrogen-bond donors (Lipinski definition) is 0. The van der Waals surface area contributed by atoms with Crippen LogP contribution in [-0.2, 0) is 6.61 Å². The van der Waals surface area contributed by atoms with E-state index in [9.17, 15) is 5.26 Å². The predicted molar refractivity (Wildman–Crippen MR) is 126 cm³/mol. The van der Waals surface area contributed by atoms with E-state index >= 15 is 0 Å². The molecule has 0 aliphatic carbocycles. The Kier molecular flexibility index (Phi) is 5.30. The van der Waals surface area contributed by atoms with Crippen molar-refractivity contribution < 1.29 is 4.74 Å². The molecular formula is C28H19N3O. The molecule has 4 nitrogen and oxygen atoms in total. The molecule has 3 aromatic carbocycles. The van der Waals surface area contributed by atoms with E-state index in [-0.39, 0.29) is 0 Å². The van der Waals surface area contributed by atoms with Crippen molar-refractivity contribution in [2.45, 2.75) is 6.61 Å². The van der Waals surface area contributed by atoms with Crippen molar-refractivity contribution in [1.82, 2.24) is 9.97 Å². The van der Waals surface area contributed by atoms with Crippen LogP contribution < -0.4 is 4.74 Å². The van der Waals surface area contributed by atoms with Gasteiger partial charge in [0.2, 0.25) is 0 Å². The molecule has 0 radical (unpaired) electrons. The van der Waals surface area contributed by atoms with E-state index in [2.05, 4.69) is 16.0 Å². The third kappa shape index (κ3) is 3.92. The molecule has 2 aromatic heterocycles. The van der Waals surface area contributed by atoms with E-state index in [0.717, 1.165) is 38.9 Å². The molecule has 152 valence electrons. The van der Waals surface area contributed by atoms with Gasteiger partial charge in [-0.25, -0.2) is 4.98 Å². The summed E-state index contributed by atoms with van der Waals surface area (Å²) in [5, 5.41) is 11.0.